The van der Waals surface area contributed by atoms with E-state index in [2.05, 4.69) is 23.1 Å². The first-order chi connectivity index (χ1) is 9.69. The highest BCUT2D eigenvalue weighted by atomic mass is 35.5. The van der Waals surface area contributed by atoms with Crippen molar-refractivity contribution in [3.63, 3.8) is 0 Å². The normalized spacial score (nSPS) is 11.0. The zero-order valence-corrected chi connectivity index (χ0v) is 12.5. The molecule has 2 aromatic carbocycles. The third-order valence-electron chi connectivity index (χ3n) is 3.29. The molecule has 0 atom stereocenters. The van der Waals surface area contributed by atoms with Crippen molar-refractivity contribution in [1.29, 1.82) is 0 Å². The maximum atomic E-state index is 9.23. The topological polar surface area (TPSA) is 23.5 Å². The highest BCUT2D eigenvalue weighted by Gasteiger charge is 2.07. The Balaban J connectivity index is 2.06. The molecule has 0 radical (unpaired) electrons. The fraction of sp³-hybridized carbons (Fsp3) is 0.294. The Morgan fingerprint density at radius 2 is 1.70 bits per heavy atom. The number of hydrogen-bond acceptors (Lipinski definition) is 2. The first-order valence-electron chi connectivity index (χ1n) is 6.81. The third-order valence-corrected chi connectivity index (χ3v) is 3.72. The van der Waals surface area contributed by atoms with Gasteiger partial charge in [-0.15, -0.1) is 0 Å². The molecule has 2 aromatic rings. The van der Waals surface area contributed by atoms with Crippen LogP contribution in [0.3, 0.4) is 0 Å². The van der Waals surface area contributed by atoms with E-state index in [0.29, 0.717) is 6.54 Å². The predicted octanol–water partition coefficient (Wildman–Crippen LogP) is 3.64. The molecule has 106 valence electrons. The number of aliphatic hydroxyl groups is 1. The van der Waals surface area contributed by atoms with Crippen LogP contribution in [0.1, 0.15) is 16.7 Å². The molecule has 20 heavy (non-hydrogen) atoms. The Kier molecular flexibility index (Phi) is 5.60. The van der Waals surface area contributed by atoms with Crippen molar-refractivity contribution in [3.05, 3.63) is 70.2 Å². The quantitative estimate of drug-likeness (QED) is 0.877. The summed E-state index contributed by atoms with van der Waals surface area (Å²) in [6.45, 7) is 4.49. The van der Waals surface area contributed by atoms with Gasteiger partial charge in [-0.2, -0.15) is 0 Å². The average Bonchev–Trinajstić information content (AvgIpc) is 2.44. The molecule has 0 aliphatic carbocycles. The van der Waals surface area contributed by atoms with Crippen molar-refractivity contribution < 1.29 is 5.11 Å². The molecule has 0 aliphatic rings. The Labute approximate surface area is 125 Å². The van der Waals surface area contributed by atoms with E-state index in [1.165, 1.54) is 11.1 Å². The molecule has 0 amide bonds. The fourth-order valence-electron chi connectivity index (χ4n) is 2.26. The second-order valence-electron chi connectivity index (χ2n) is 5.00. The smallest absolute Gasteiger partial charge is 0.0558 e. The zero-order valence-electron chi connectivity index (χ0n) is 11.7. The summed E-state index contributed by atoms with van der Waals surface area (Å²) in [6, 6.07) is 16.4. The van der Waals surface area contributed by atoms with Gasteiger partial charge in [-0.1, -0.05) is 54.1 Å². The van der Waals surface area contributed by atoms with Gasteiger partial charge in [0.2, 0.25) is 0 Å². The van der Waals surface area contributed by atoms with E-state index < -0.39 is 0 Å². The Hall–Kier alpha value is -1.35. The number of rotatable bonds is 6. The minimum atomic E-state index is 0.166. The van der Waals surface area contributed by atoms with Crippen LogP contribution in [0.25, 0.3) is 0 Å². The Bertz CT molecular complexity index is 542. The Morgan fingerprint density at radius 3 is 2.35 bits per heavy atom. The zero-order chi connectivity index (χ0) is 14.4. The van der Waals surface area contributed by atoms with Gasteiger partial charge in [-0.05, 0) is 29.7 Å². The number of hydrogen-bond donors (Lipinski definition) is 1. The van der Waals surface area contributed by atoms with Crippen LogP contribution < -0.4 is 0 Å². The summed E-state index contributed by atoms with van der Waals surface area (Å²) in [7, 11) is 0. The standard InChI is InChI=1S/C17H20ClNO/c1-14-11-16(7-8-17(14)18)13-19(9-10-20)12-15-5-3-2-4-6-15/h2-8,11,20H,9-10,12-13H2,1H3. The van der Waals surface area contributed by atoms with Crippen LogP contribution in [0.5, 0.6) is 0 Å². The minimum Gasteiger partial charge on any atom is -0.395 e. The lowest BCUT2D eigenvalue weighted by molar-refractivity contribution is 0.184. The maximum absolute atomic E-state index is 9.23. The molecule has 0 bridgehead atoms. The van der Waals surface area contributed by atoms with E-state index in [4.69, 9.17) is 11.6 Å². The summed E-state index contributed by atoms with van der Waals surface area (Å²) in [5.41, 5.74) is 3.57. The van der Waals surface area contributed by atoms with E-state index in [1.54, 1.807) is 0 Å². The molecule has 0 unspecified atom stereocenters. The van der Waals surface area contributed by atoms with Crippen LogP contribution >= 0.6 is 11.6 Å². The largest absolute Gasteiger partial charge is 0.395 e. The van der Waals surface area contributed by atoms with Gasteiger partial charge in [0, 0.05) is 24.7 Å². The van der Waals surface area contributed by atoms with Crippen LogP contribution in [0.4, 0.5) is 0 Å². The van der Waals surface area contributed by atoms with Gasteiger partial charge >= 0.3 is 0 Å². The molecule has 0 fully saturated rings. The van der Waals surface area contributed by atoms with Gasteiger partial charge < -0.3 is 5.11 Å². The van der Waals surface area contributed by atoms with Gasteiger partial charge in [0.25, 0.3) is 0 Å². The van der Waals surface area contributed by atoms with E-state index in [-0.39, 0.29) is 6.61 Å². The highest BCUT2D eigenvalue weighted by molar-refractivity contribution is 6.31. The van der Waals surface area contributed by atoms with Gasteiger partial charge in [-0.25, -0.2) is 0 Å². The van der Waals surface area contributed by atoms with E-state index >= 15 is 0 Å². The highest BCUT2D eigenvalue weighted by Crippen LogP contribution is 2.18. The first kappa shape index (κ1) is 15.0. The van der Waals surface area contributed by atoms with E-state index in [0.717, 1.165) is 23.7 Å². The van der Waals surface area contributed by atoms with E-state index in [1.807, 2.05) is 37.3 Å². The maximum Gasteiger partial charge on any atom is 0.0558 e. The first-order valence-corrected chi connectivity index (χ1v) is 7.19. The molecule has 0 aromatic heterocycles. The molecular formula is C17H20ClNO. The van der Waals surface area contributed by atoms with Crippen molar-refractivity contribution >= 4 is 11.6 Å². The van der Waals surface area contributed by atoms with Crippen molar-refractivity contribution in [2.24, 2.45) is 0 Å². The van der Waals surface area contributed by atoms with Crippen molar-refractivity contribution in [2.75, 3.05) is 13.2 Å². The number of benzene rings is 2. The fourth-order valence-corrected chi connectivity index (χ4v) is 2.38. The number of nitrogens with zero attached hydrogens (tertiary/aromatic N) is 1. The monoisotopic (exact) mass is 289 g/mol. The molecule has 0 spiro atoms. The minimum absolute atomic E-state index is 0.166. The molecule has 2 nitrogen and oxygen atoms in total. The van der Waals surface area contributed by atoms with Crippen molar-refractivity contribution in [1.82, 2.24) is 4.90 Å². The molecule has 0 aliphatic heterocycles. The van der Waals surface area contributed by atoms with Gasteiger partial charge in [0.15, 0.2) is 0 Å². The number of aliphatic hydroxyl groups excluding tert-OH is 1. The molecule has 1 N–H and O–H groups in total. The van der Waals surface area contributed by atoms with Crippen LogP contribution in [-0.2, 0) is 13.1 Å². The summed E-state index contributed by atoms with van der Waals surface area (Å²) in [4.78, 5) is 2.23. The molecular weight excluding hydrogens is 270 g/mol. The van der Waals surface area contributed by atoms with Crippen molar-refractivity contribution in [3.8, 4) is 0 Å². The second kappa shape index (κ2) is 7.44. The summed E-state index contributed by atoms with van der Waals surface area (Å²) in [5, 5.41) is 10.0. The van der Waals surface area contributed by atoms with E-state index in [9.17, 15) is 5.11 Å². The molecule has 0 saturated carbocycles. The predicted molar refractivity (Wildman–Crippen MR) is 83.8 cm³/mol. The van der Waals surface area contributed by atoms with Crippen LogP contribution in [0.2, 0.25) is 5.02 Å². The Morgan fingerprint density at radius 1 is 1.00 bits per heavy atom. The lowest BCUT2D eigenvalue weighted by Gasteiger charge is -2.22. The summed E-state index contributed by atoms with van der Waals surface area (Å²) in [6.07, 6.45) is 0. The lowest BCUT2D eigenvalue weighted by atomic mass is 10.1. The van der Waals surface area contributed by atoms with Crippen LogP contribution in [-0.4, -0.2) is 23.2 Å². The lowest BCUT2D eigenvalue weighted by Crippen LogP contribution is -2.26. The van der Waals surface area contributed by atoms with Gasteiger partial charge in [-0.3, -0.25) is 4.90 Å². The summed E-state index contributed by atoms with van der Waals surface area (Å²) in [5.74, 6) is 0. The van der Waals surface area contributed by atoms with Gasteiger partial charge in [0.1, 0.15) is 0 Å². The molecule has 2 rings (SSSR count). The van der Waals surface area contributed by atoms with Crippen LogP contribution in [0, 0.1) is 6.92 Å². The van der Waals surface area contributed by atoms with Crippen molar-refractivity contribution in [2.45, 2.75) is 20.0 Å². The molecule has 0 heterocycles. The third kappa shape index (κ3) is 4.34. The summed E-state index contributed by atoms with van der Waals surface area (Å²) < 4.78 is 0. The van der Waals surface area contributed by atoms with Crippen LogP contribution in [0.15, 0.2) is 48.5 Å². The molecule has 0 saturated heterocycles. The van der Waals surface area contributed by atoms with Gasteiger partial charge in [0.05, 0.1) is 6.61 Å². The number of aryl methyl sites for hydroxylation is 1. The average molecular weight is 290 g/mol. The molecule has 3 heteroatoms. The second-order valence-corrected chi connectivity index (χ2v) is 5.41. The number of halogens is 1. The SMILES string of the molecule is Cc1cc(CN(CCO)Cc2ccccc2)ccc1Cl. The summed E-state index contributed by atoms with van der Waals surface area (Å²) >= 11 is 6.05.